The zero-order valence-corrected chi connectivity index (χ0v) is 11.5. The van der Waals surface area contributed by atoms with Crippen molar-refractivity contribution in [1.29, 1.82) is 0 Å². The second-order valence-electron chi connectivity index (χ2n) is 5.83. The standard InChI is InChI=1S/C15H16N4O2/c20-14-11-4-3-10(6-12(11)17-15(21)18-14)19-7-9-2-1-5-16-13(9)8-19/h1-2,5,7-8,10-12H,3-4,6H2,(H2,17,18,20,21). The van der Waals surface area contributed by atoms with Gasteiger partial charge in [0.1, 0.15) is 0 Å². The van der Waals surface area contributed by atoms with Crippen LogP contribution in [0.4, 0.5) is 4.79 Å². The maximum atomic E-state index is 11.8. The fourth-order valence-electron chi connectivity index (χ4n) is 3.50. The smallest absolute Gasteiger partial charge is 0.321 e. The molecular formula is C15H16N4O2. The van der Waals surface area contributed by atoms with Crippen LogP contribution in [0.2, 0.25) is 0 Å². The molecule has 21 heavy (non-hydrogen) atoms. The average molecular weight is 284 g/mol. The Labute approximate surface area is 121 Å². The Morgan fingerprint density at radius 3 is 3.00 bits per heavy atom. The molecule has 4 rings (SSSR count). The lowest BCUT2D eigenvalue weighted by molar-refractivity contribution is -0.127. The molecule has 2 aromatic rings. The third-order valence-electron chi connectivity index (χ3n) is 4.56. The second-order valence-corrected chi connectivity index (χ2v) is 5.83. The summed E-state index contributed by atoms with van der Waals surface area (Å²) in [6.07, 6.45) is 8.44. The number of imide groups is 1. The van der Waals surface area contributed by atoms with Gasteiger partial charge in [0, 0.05) is 36.1 Å². The quantitative estimate of drug-likeness (QED) is 0.835. The predicted octanol–water partition coefficient (Wildman–Crippen LogP) is 1.59. The summed E-state index contributed by atoms with van der Waals surface area (Å²) in [5.41, 5.74) is 0.977. The number of carbonyl (C=O) groups is 2. The first-order valence-corrected chi connectivity index (χ1v) is 7.24. The molecular weight excluding hydrogens is 268 g/mol. The van der Waals surface area contributed by atoms with E-state index in [1.807, 2.05) is 18.3 Å². The summed E-state index contributed by atoms with van der Waals surface area (Å²) in [6, 6.07) is 3.83. The van der Waals surface area contributed by atoms with Crippen molar-refractivity contribution in [2.45, 2.75) is 31.3 Å². The van der Waals surface area contributed by atoms with Gasteiger partial charge in [-0.15, -0.1) is 0 Å². The van der Waals surface area contributed by atoms with E-state index in [0.717, 1.165) is 30.2 Å². The molecule has 3 amide bonds. The number of nitrogens with one attached hydrogen (secondary N) is 2. The van der Waals surface area contributed by atoms with Gasteiger partial charge in [-0.25, -0.2) is 4.79 Å². The third kappa shape index (κ3) is 2.07. The minimum atomic E-state index is -0.374. The lowest BCUT2D eigenvalue weighted by Gasteiger charge is -2.38. The van der Waals surface area contributed by atoms with Crippen LogP contribution in [0.1, 0.15) is 25.3 Å². The zero-order chi connectivity index (χ0) is 14.4. The Morgan fingerprint density at radius 2 is 2.14 bits per heavy atom. The van der Waals surface area contributed by atoms with Crippen LogP contribution in [0, 0.1) is 5.92 Å². The summed E-state index contributed by atoms with van der Waals surface area (Å²) < 4.78 is 2.17. The summed E-state index contributed by atoms with van der Waals surface area (Å²) in [5, 5.41) is 6.35. The maximum absolute atomic E-state index is 11.8. The van der Waals surface area contributed by atoms with Crippen molar-refractivity contribution in [1.82, 2.24) is 20.2 Å². The van der Waals surface area contributed by atoms with E-state index in [2.05, 4.69) is 26.4 Å². The molecule has 0 radical (unpaired) electrons. The van der Waals surface area contributed by atoms with Crippen LogP contribution in [-0.4, -0.2) is 27.5 Å². The van der Waals surface area contributed by atoms with E-state index >= 15 is 0 Å². The molecule has 1 aliphatic heterocycles. The normalized spacial score (nSPS) is 28.9. The maximum Gasteiger partial charge on any atom is 0.321 e. The molecule has 108 valence electrons. The number of hydrogen-bond acceptors (Lipinski definition) is 3. The highest BCUT2D eigenvalue weighted by atomic mass is 16.2. The van der Waals surface area contributed by atoms with Crippen LogP contribution < -0.4 is 10.6 Å². The summed E-state index contributed by atoms with van der Waals surface area (Å²) >= 11 is 0. The first-order chi connectivity index (χ1) is 10.2. The van der Waals surface area contributed by atoms with E-state index in [9.17, 15) is 9.59 Å². The van der Waals surface area contributed by atoms with Crippen molar-refractivity contribution in [2.75, 3.05) is 0 Å². The number of rotatable bonds is 1. The number of hydrogen-bond donors (Lipinski definition) is 2. The molecule has 2 aliphatic rings. The van der Waals surface area contributed by atoms with Crippen LogP contribution in [0.15, 0.2) is 30.7 Å². The molecule has 6 heteroatoms. The highest BCUT2D eigenvalue weighted by molar-refractivity contribution is 5.98. The fraction of sp³-hybridized carbons (Fsp3) is 0.400. The molecule has 3 unspecified atom stereocenters. The van der Waals surface area contributed by atoms with E-state index in [1.54, 1.807) is 6.20 Å². The van der Waals surface area contributed by atoms with Crippen molar-refractivity contribution >= 4 is 22.8 Å². The molecule has 0 bridgehead atoms. The van der Waals surface area contributed by atoms with Gasteiger partial charge < -0.3 is 9.88 Å². The molecule has 3 heterocycles. The van der Waals surface area contributed by atoms with Gasteiger partial charge in [-0.05, 0) is 31.4 Å². The monoisotopic (exact) mass is 284 g/mol. The first-order valence-electron chi connectivity index (χ1n) is 7.24. The minimum absolute atomic E-state index is 0.0662. The van der Waals surface area contributed by atoms with E-state index < -0.39 is 0 Å². The Kier molecular flexibility index (Phi) is 2.70. The number of carbonyl (C=O) groups excluding carboxylic acids is 2. The van der Waals surface area contributed by atoms with Crippen molar-refractivity contribution in [3.05, 3.63) is 30.7 Å². The van der Waals surface area contributed by atoms with Gasteiger partial charge in [-0.1, -0.05) is 0 Å². The van der Waals surface area contributed by atoms with Gasteiger partial charge in [0.15, 0.2) is 0 Å². The molecule has 0 spiro atoms. The molecule has 1 saturated carbocycles. The van der Waals surface area contributed by atoms with Crippen molar-refractivity contribution in [3.63, 3.8) is 0 Å². The molecule has 6 nitrogen and oxygen atoms in total. The highest BCUT2D eigenvalue weighted by Gasteiger charge is 2.40. The van der Waals surface area contributed by atoms with Gasteiger partial charge in [-0.2, -0.15) is 0 Å². The lowest BCUT2D eigenvalue weighted by Crippen LogP contribution is -2.59. The molecule has 0 aromatic carbocycles. The minimum Gasteiger partial charge on any atom is -0.348 e. The van der Waals surface area contributed by atoms with Crippen molar-refractivity contribution < 1.29 is 9.59 Å². The largest absolute Gasteiger partial charge is 0.348 e. The van der Waals surface area contributed by atoms with Crippen LogP contribution >= 0.6 is 0 Å². The van der Waals surface area contributed by atoms with Crippen LogP contribution in [0.3, 0.4) is 0 Å². The zero-order valence-electron chi connectivity index (χ0n) is 11.5. The molecule has 3 atom stereocenters. The van der Waals surface area contributed by atoms with Gasteiger partial charge in [0.05, 0.1) is 11.4 Å². The third-order valence-corrected chi connectivity index (χ3v) is 4.56. The Bertz CT molecular complexity index is 690. The molecule has 2 aromatic heterocycles. The second kappa shape index (κ2) is 4.58. The first kappa shape index (κ1) is 12.4. The summed E-state index contributed by atoms with van der Waals surface area (Å²) in [5.74, 6) is -0.233. The van der Waals surface area contributed by atoms with Crippen molar-refractivity contribution in [3.8, 4) is 0 Å². The molecule has 2 fully saturated rings. The van der Waals surface area contributed by atoms with E-state index in [4.69, 9.17) is 0 Å². The predicted molar refractivity (Wildman–Crippen MR) is 76.6 cm³/mol. The van der Waals surface area contributed by atoms with Gasteiger partial charge >= 0.3 is 6.03 Å². The number of fused-ring (bicyclic) bond motifs is 2. The number of aromatic nitrogens is 2. The van der Waals surface area contributed by atoms with E-state index in [1.165, 1.54) is 0 Å². The fourth-order valence-corrected chi connectivity index (χ4v) is 3.50. The SMILES string of the molecule is O=C1NC(=O)C2CCC(n3cc4cccnc4c3)CC2N1. The topological polar surface area (TPSA) is 76.0 Å². The van der Waals surface area contributed by atoms with Crippen LogP contribution in [-0.2, 0) is 4.79 Å². The lowest BCUT2D eigenvalue weighted by atomic mass is 9.80. The van der Waals surface area contributed by atoms with Gasteiger partial charge in [0.25, 0.3) is 0 Å². The van der Waals surface area contributed by atoms with Gasteiger partial charge in [0.2, 0.25) is 5.91 Å². The van der Waals surface area contributed by atoms with Gasteiger partial charge in [-0.3, -0.25) is 15.1 Å². The number of pyridine rings is 1. The number of amides is 3. The van der Waals surface area contributed by atoms with E-state index in [0.29, 0.717) is 6.04 Å². The average Bonchev–Trinajstić information content (AvgIpc) is 2.90. The molecule has 2 N–H and O–H groups in total. The number of nitrogens with zero attached hydrogens (tertiary/aromatic N) is 2. The summed E-state index contributed by atoms with van der Waals surface area (Å²) in [6.45, 7) is 0. The van der Waals surface area contributed by atoms with Crippen LogP contribution in [0.25, 0.3) is 10.9 Å². The van der Waals surface area contributed by atoms with Crippen molar-refractivity contribution in [2.24, 2.45) is 5.92 Å². The van der Waals surface area contributed by atoms with Crippen LogP contribution in [0.5, 0.6) is 0 Å². The molecule has 1 saturated heterocycles. The Balaban J connectivity index is 1.59. The summed E-state index contributed by atoms with van der Waals surface area (Å²) in [4.78, 5) is 27.6. The summed E-state index contributed by atoms with van der Waals surface area (Å²) in [7, 11) is 0. The Morgan fingerprint density at radius 1 is 1.24 bits per heavy atom. The molecule has 1 aliphatic carbocycles. The Hall–Kier alpha value is -2.37. The highest BCUT2D eigenvalue weighted by Crippen LogP contribution is 2.34. The number of urea groups is 1. The van der Waals surface area contributed by atoms with E-state index in [-0.39, 0.29) is 23.9 Å².